The van der Waals surface area contributed by atoms with E-state index in [1.165, 1.54) is 29.8 Å². The fraction of sp³-hybridized carbons (Fsp3) is 0.188. The Bertz CT molecular complexity index is 637. The van der Waals surface area contributed by atoms with Crippen LogP contribution >= 0.6 is 0 Å². The Balaban J connectivity index is 1.84. The molecular formula is C16H15FN2O. The standard InChI is InChI=1S/C16H15FN2O/c17-13-8-6-12(7-9-13)16(20)19-14-5-1-3-11-4-2-10-18-15(11)14/h1,3,5-9,18H,2,4,10H2,(H,19,20). The van der Waals surface area contributed by atoms with Gasteiger partial charge in [-0.3, -0.25) is 4.79 Å². The van der Waals surface area contributed by atoms with Crippen LogP contribution in [0.15, 0.2) is 42.5 Å². The molecular weight excluding hydrogens is 255 g/mol. The molecule has 0 bridgehead atoms. The molecule has 2 N–H and O–H groups in total. The predicted octanol–water partition coefficient (Wildman–Crippen LogP) is 3.44. The molecule has 0 fully saturated rings. The number of aryl methyl sites for hydroxylation is 1. The van der Waals surface area contributed by atoms with Crippen molar-refractivity contribution in [3.05, 3.63) is 59.4 Å². The van der Waals surface area contributed by atoms with Crippen LogP contribution in [0.2, 0.25) is 0 Å². The van der Waals surface area contributed by atoms with Gasteiger partial charge in [-0.2, -0.15) is 0 Å². The maximum absolute atomic E-state index is 12.9. The summed E-state index contributed by atoms with van der Waals surface area (Å²) in [5, 5.41) is 6.20. The van der Waals surface area contributed by atoms with E-state index in [4.69, 9.17) is 0 Å². The van der Waals surface area contributed by atoms with Crippen molar-refractivity contribution in [1.82, 2.24) is 0 Å². The number of benzene rings is 2. The van der Waals surface area contributed by atoms with Gasteiger partial charge >= 0.3 is 0 Å². The number of amides is 1. The largest absolute Gasteiger partial charge is 0.383 e. The number of hydrogen-bond donors (Lipinski definition) is 2. The van der Waals surface area contributed by atoms with Gasteiger partial charge in [-0.1, -0.05) is 12.1 Å². The number of hydrogen-bond acceptors (Lipinski definition) is 2. The third kappa shape index (κ3) is 2.50. The number of nitrogens with one attached hydrogen (secondary N) is 2. The highest BCUT2D eigenvalue weighted by Gasteiger charge is 2.14. The highest BCUT2D eigenvalue weighted by atomic mass is 19.1. The van der Waals surface area contributed by atoms with E-state index in [-0.39, 0.29) is 11.7 Å². The van der Waals surface area contributed by atoms with Crippen LogP contribution < -0.4 is 10.6 Å². The lowest BCUT2D eigenvalue weighted by Gasteiger charge is -2.21. The molecule has 0 atom stereocenters. The van der Waals surface area contributed by atoms with E-state index in [2.05, 4.69) is 16.7 Å². The van der Waals surface area contributed by atoms with Gasteiger partial charge < -0.3 is 10.6 Å². The van der Waals surface area contributed by atoms with Gasteiger partial charge in [-0.05, 0) is 48.7 Å². The van der Waals surface area contributed by atoms with Gasteiger partial charge in [0.15, 0.2) is 0 Å². The van der Waals surface area contributed by atoms with Crippen molar-refractivity contribution in [3.8, 4) is 0 Å². The Morgan fingerprint density at radius 1 is 1.15 bits per heavy atom. The second-order valence-electron chi connectivity index (χ2n) is 4.83. The molecule has 0 radical (unpaired) electrons. The van der Waals surface area contributed by atoms with Gasteiger partial charge in [-0.25, -0.2) is 4.39 Å². The lowest BCUT2D eigenvalue weighted by molar-refractivity contribution is 0.102. The summed E-state index contributed by atoms with van der Waals surface area (Å²) in [7, 11) is 0. The smallest absolute Gasteiger partial charge is 0.255 e. The highest BCUT2D eigenvalue weighted by molar-refractivity contribution is 6.06. The summed E-state index contributed by atoms with van der Waals surface area (Å²) in [4.78, 5) is 12.1. The summed E-state index contributed by atoms with van der Waals surface area (Å²) in [5.41, 5.74) is 3.43. The molecule has 102 valence electrons. The molecule has 1 amide bonds. The second-order valence-corrected chi connectivity index (χ2v) is 4.83. The Hall–Kier alpha value is -2.36. The molecule has 1 heterocycles. The van der Waals surface area contributed by atoms with Crippen LogP contribution in [-0.2, 0) is 6.42 Å². The van der Waals surface area contributed by atoms with E-state index in [9.17, 15) is 9.18 Å². The molecule has 2 aromatic carbocycles. The Labute approximate surface area is 116 Å². The Morgan fingerprint density at radius 2 is 1.95 bits per heavy atom. The molecule has 3 nitrogen and oxygen atoms in total. The van der Waals surface area contributed by atoms with E-state index in [1.807, 2.05) is 12.1 Å². The first kappa shape index (κ1) is 12.7. The van der Waals surface area contributed by atoms with Crippen LogP contribution in [0.3, 0.4) is 0 Å². The molecule has 2 aromatic rings. The van der Waals surface area contributed by atoms with E-state index in [0.717, 1.165) is 30.8 Å². The monoisotopic (exact) mass is 270 g/mol. The Morgan fingerprint density at radius 3 is 2.75 bits per heavy atom. The summed E-state index contributed by atoms with van der Waals surface area (Å²) in [6.07, 6.45) is 2.12. The predicted molar refractivity (Wildman–Crippen MR) is 77.6 cm³/mol. The zero-order valence-corrected chi connectivity index (χ0v) is 10.9. The lowest BCUT2D eigenvalue weighted by Crippen LogP contribution is -2.17. The molecule has 1 aliphatic heterocycles. The quantitative estimate of drug-likeness (QED) is 0.877. The minimum absolute atomic E-state index is 0.231. The number of carbonyl (C=O) groups excluding carboxylic acids is 1. The number of halogens is 1. The van der Waals surface area contributed by atoms with Crippen LogP contribution in [0.25, 0.3) is 0 Å². The molecule has 0 spiro atoms. The van der Waals surface area contributed by atoms with Crippen molar-refractivity contribution in [1.29, 1.82) is 0 Å². The van der Waals surface area contributed by atoms with Crippen molar-refractivity contribution in [2.45, 2.75) is 12.8 Å². The summed E-state index contributed by atoms with van der Waals surface area (Å²) in [6, 6.07) is 11.4. The van der Waals surface area contributed by atoms with Crippen LogP contribution in [0.4, 0.5) is 15.8 Å². The summed E-state index contributed by atoms with van der Waals surface area (Å²) in [5.74, 6) is -0.578. The van der Waals surface area contributed by atoms with Crippen molar-refractivity contribution in [2.24, 2.45) is 0 Å². The van der Waals surface area contributed by atoms with Gasteiger partial charge in [0.2, 0.25) is 0 Å². The summed E-state index contributed by atoms with van der Waals surface area (Å²) in [6.45, 7) is 0.913. The third-order valence-electron chi connectivity index (χ3n) is 3.43. The molecule has 0 unspecified atom stereocenters. The molecule has 1 aliphatic rings. The molecule has 0 aliphatic carbocycles. The maximum atomic E-state index is 12.9. The topological polar surface area (TPSA) is 41.1 Å². The van der Waals surface area contributed by atoms with Crippen molar-refractivity contribution in [2.75, 3.05) is 17.2 Å². The van der Waals surface area contributed by atoms with E-state index >= 15 is 0 Å². The van der Waals surface area contributed by atoms with E-state index in [0.29, 0.717) is 5.56 Å². The fourth-order valence-electron chi connectivity index (χ4n) is 2.41. The highest BCUT2D eigenvalue weighted by Crippen LogP contribution is 2.30. The van der Waals surface area contributed by atoms with Crippen LogP contribution in [0.5, 0.6) is 0 Å². The summed E-state index contributed by atoms with van der Waals surface area (Å²) < 4.78 is 12.9. The van der Waals surface area contributed by atoms with Gasteiger partial charge in [0.05, 0.1) is 11.4 Å². The normalized spacial score (nSPS) is 13.2. The third-order valence-corrected chi connectivity index (χ3v) is 3.43. The number of carbonyl (C=O) groups is 1. The minimum Gasteiger partial charge on any atom is -0.383 e. The van der Waals surface area contributed by atoms with Crippen LogP contribution in [0.1, 0.15) is 22.3 Å². The van der Waals surface area contributed by atoms with E-state index in [1.54, 1.807) is 0 Å². The number of fused-ring (bicyclic) bond motifs is 1. The SMILES string of the molecule is O=C(Nc1cccc2c1NCCC2)c1ccc(F)cc1. The average molecular weight is 270 g/mol. The lowest BCUT2D eigenvalue weighted by atomic mass is 10.0. The first-order valence-electron chi connectivity index (χ1n) is 6.67. The van der Waals surface area contributed by atoms with E-state index < -0.39 is 0 Å². The minimum atomic E-state index is -0.347. The van der Waals surface area contributed by atoms with Crippen LogP contribution in [-0.4, -0.2) is 12.5 Å². The van der Waals surface area contributed by atoms with Crippen molar-refractivity contribution < 1.29 is 9.18 Å². The average Bonchev–Trinajstić information content (AvgIpc) is 2.48. The van der Waals surface area contributed by atoms with Gasteiger partial charge in [-0.15, -0.1) is 0 Å². The van der Waals surface area contributed by atoms with Gasteiger partial charge in [0, 0.05) is 12.1 Å². The molecule has 0 saturated heterocycles. The molecule has 20 heavy (non-hydrogen) atoms. The zero-order chi connectivity index (χ0) is 13.9. The fourth-order valence-corrected chi connectivity index (χ4v) is 2.41. The van der Waals surface area contributed by atoms with Gasteiger partial charge in [0.1, 0.15) is 5.82 Å². The van der Waals surface area contributed by atoms with Crippen molar-refractivity contribution >= 4 is 17.3 Å². The molecule has 3 rings (SSSR count). The van der Waals surface area contributed by atoms with Gasteiger partial charge in [0.25, 0.3) is 5.91 Å². The molecule has 0 saturated carbocycles. The number of rotatable bonds is 2. The van der Waals surface area contributed by atoms with Crippen LogP contribution in [0, 0.1) is 5.82 Å². The first-order chi connectivity index (χ1) is 9.74. The molecule has 0 aromatic heterocycles. The Kier molecular flexibility index (Phi) is 3.37. The first-order valence-corrected chi connectivity index (χ1v) is 6.67. The number of para-hydroxylation sites is 1. The van der Waals surface area contributed by atoms with Crippen molar-refractivity contribution in [3.63, 3.8) is 0 Å². The second kappa shape index (κ2) is 5.33. The number of anilines is 2. The molecule has 4 heteroatoms. The maximum Gasteiger partial charge on any atom is 0.255 e. The summed E-state index contributed by atoms with van der Waals surface area (Å²) >= 11 is 0. The zero-order valence-electron chi connectivity index (χ0n) is 10.9.